The molecule has 0 spiro atoms. The lowest BCUT2D eigenvalue weighted by molar-refractivity contribution is 0.00891. The normalized spacial score (nSPS) is 26.5. The summed E-state index contributed by atoms with van der Waals surface area (Å²) in [5.41, 5.74) is -0.443. The molecule has 0 aromatic heterocycles. The Bertz CT molecular complexity index is 121. The van der Waals surface area contributed by atoms with Crippen LogP contribution in [0.25, 0.3) is 0 Å². The number of hydrogen-bond donors (Lipinski definition) is 1. The Morgan fingerprint density at radius 3 is 2.27 bits per heavy atom. The van der Waals surface area contributed by atoms with Crippen LogP contribution in [0.3, 0.4) is 0 Å². The van der Waals surface area contributed by atoms with Gasteiger partial charge in [-0.05, 0) is 12.8 Å². The van der Waals surface area contributed by atoms with Gasteiger partial charge in [0.2, 0.25) is 0 Å². The zero-order valence-electron chi connectivity index (χ0n) is 6.52. The zero-order chi connectivity index (χ0) is 8.32. The van der Waals surface area contributed by atoms with E-state index in [1.54, 1.807) is 0 Å². The Morgan fingerprint density at radius 2 is 1.82 bits per heavy atom. The molecule has 0 aliphatic heterocycles. The molecule has 1 N–H and O–H groups in total. The number of rotatable bonds is 2. The van der Waals surface area contributed by atoms with Gasteiger partial charge in [-0.2, -0.15) is 0 Å². The van der Waals surface area contributed by atoms with E-state index in [0.29, 0.717) is 0 Å². The number of aliphatic hydroxyl groups is 1. The molecule has 0 heterocycles. The lowest BCUT2D eigenvalue weighted by atomic mass is 9.83. The minimum absolute atomic E-state index is 0.218. The molecular formula is C8H14Br2O. The zero-order valence-corrected chi connectivity index (χ0v) is 9.70. The fourth-order valence-electron chi connectivity index (χ4n) is 1.62. The minimum atomic E-state index is -0.443. The highest BCUT2D eigenvalue weighted by molar-refractivity contribution is 9.12. The molecule has 1 saturated carbocycles. The first-order valence-corrected chi connectivity index (χ1v) is 6.15. The molecule has 0 aromatic rings. The molecule has 66 valence electrons. The molecule has 1 fully saturated rings. The van der Waals surface area contributed by atoms with Crippen molar-refractivity contribution in [3.05, 3.63) is 0 Å². The predicted octanol–water partition coefficient (Wildman–Crippen LogP) is 2.84. The van der Waals surface area contributed by atoms with Crippen LogP contribution in [0.15, 0.2) is 0 Å². The van der Waals surface area contributed by atoms with Crippen LogP contribution in [-0.2, 0) is 0 Å². The van der Waals surface area contributed by atoms with Gasteiger partial charge in [0.25, 0.3) is 0 Å². The van der Waals surface area contributed by atoms with Crippen LogP contribution in [0.4, 0.5) is 0 Å². The molecule has 3 heteroatoms. The van der Waals surface area contributed by atoms with E-state index in [4.69, 9.17) is 0 Å². The van der Waals surface area contributed by atoms with Gasteiger partial charge < -0.3 is 5.11 Å². The van der Waals surface area contributed by atoms with E-state index in [1.165, 1.54) is 19.3 Å². The van der Waals surface area contributed by atoms with Gasteiger partial charge in [-0.15, -0.1) is 0 Å². The summed E-state index contributed by atoms with van der Waals surface area (Å²) in [4.78, 5) is 0.218. The molecule has 1 atom stereocenters. The Kier molecular flexibility index (Phi) is 3.86. The third-order valence-electron chi connectivity index (χ3n) is 2.44. The maximum absolute atomic E-state index is 10.1. The molecule has 0 radical (unpaired) electrons. The lowest BCUT2D eigenvalue weighted by Crippen LogP contribution is -2.41. The fraction of sp³-hybridized carbons (Fsp3) is 1.00. The van der Waals surface area contributed by atoms with Gasteiger partial charge in [0, 0.05) is 5.33 Å². The quantitative estimate of drug-likeness (QED) is 0.774. The van der Waals surface area contributed by atoms with Crippen molar-refractivity contribution in [1.82, 2.24) is 0 Å². The first kappa shape index (κ1) is 10.0. The van der Waals surface area contributed by atoms with Crippen molar-refractivity contribution in [1.29, 1.82) is 0 Å². The molecule has 1 unspecified atom stereocenters. The Hall–Kier alpha value is 0.920. The van der Waals surface area contributed by atoms with Crippen molar-refractivity contribution in [3.63, 3.8) is 0 Å². The average Bonchev–Trinajstić information content (AvgIpc) is 2.04. The number of halogens is 2. The van der Waals surface area contributed by atoms with Gasteiger partial charge in [0.05, 0.1) is 10.4 Å². The molecule has 1 aliphatic carbocycles. The molecule has 0 bridgehead atoms. The highest BCUT2D eigenvalue weighted by Crippen LogP contribution is 2.34. The van der Waals surface area contributed by atoms with E-state index in [-0.39, 0.29) is 4.83 Å². The van der Waals surface area contributed by atoms with Gasteiger partial charge in [-0.1, -0.05) is 51.1 Å². The molecule has 1 nitrogen and oxygen atoms in total. The Morgan fingerprint density at radius 1 is 1.27 bits per heavy atom. The first-order chi connectivity index (χ1) is 5.19. The maximum Gasteiger partial charge on any atom is 0.0780 e. The molecule has 0 saturated heterocycles. The Balaban J connectivity index is 2.49. The fourth-order valence-corrected chi connectivity index (χ4v) is 2.68. The average molecular weight is 286 g/mol. The summed E-state index contributed by atoms with van der Waals surface area (Å²) < 4.78 is 0. The van der Waals surface area contributed by atoms with Crippen molar-refractivity contribution in [2.75, 3.05) is 5.33 Å². The van der Waals surface area contributed by atoms with E-state index >= 15 is 0 Å². The summed E-state index contributed by atoms with van der Waals surface area (Å²) in [5.74, 6) is 0. The minimum Gasteiger partial charge on any atom is -0.389 e. The third kappa shape index (κ3) is 2.43. The maximum atomic E-state index is 10.1. The first-order valence-electron chi connectivity index (χ1n) is 4.11. The molecule has 1 aliphatic rings. The van der Waals surface area contributed by atoms with Crippen LogP contribution in [-0.4, -0.2) is 20.9 Å². The molecule has 11 heavy (non-hydrogen) atoms. The second-order valence-corrected chi connectivity index (χ2v) is 5.04. The van der Waals surface area contributed by atoms with Crippen molar-refractivity contribution >= 4 is 31.9 Å². The lowest BCUT2D eigenvalue weighted by Gasteiger charge is -2.35. The van der Waals surface area contributed by atoms with Gasteiger partial charge in [-0.3, -0.25) is 0 Å². The van der Waals surface area contributed by atoms with Crippen LogP contribution in [0.1, 0.15) is 32.1 Å². The summed E-state index contributed by atoms with van der Waals surface area (Å²) in [6.45, 7) is 0. The summed E-state index contributed by atoms with van der Waals surface area (Å²) in [6.07, 6.45) is 5.53. The van der Waals surface area contributed by atoms with Crippen molar-refractivity contribution in [3.8, 4) is 0 Å². The highest BCUT2D eigenvalue weighted by atomic mass is 79.9. The second kappa shape index (κ2) is 4.24. The Labute approximate surface area is 84.8 Å². The standard InChI is InChI=1S/C8H14Br2O/c9-6-7(10)8(11)4-2-1-3-5-8/h7,11H,1-6H2. The summed E-state index contributed by atoms with van der Waals surface area (Å²) in [7, 11) is 0. The second-order valence-electron chi connectivity index (χ2n) is 3.29. The molecule has 1 rings (SSSR count). The largest absolute Gasteiger partial charge is 0.389 e. The van der Waals surface area contributed by atoms with Gasteiger partial charge in [0.1, 0.15) is 0 Å². The summed E-state index contributed by atoms with van der Waals surface area (Å²) >= 11 is 6.88. The number of hydrogen-bond acceptors (Lipinski definition) is 1. The molecule has 0 aromatic carbocycles. The van der Waals surface area contributed by atoms with Crippen LogP contribution in [0, 0.1) is 0 Å². The third-order valence-corrected chi connectivity index (χ3v) is 5.13. The van der Waals surface area contributed by atoms with E-state index in [0.717, 1.165) is 18.2 Å². The van der Waals surface area contributed by atoms with E-state index in [9.17, 15) is 5.11 Å². The van der Waals surface area contributed by atoms with Crippen LogP contribution in [0.5, 0.6) is 0 Å². The van der Waals surface area contributed by atoms with Crippen LogP contribution in [0.2, 0.25) is 0 Å². The summed E-state index contributed by atoms with van der Waals surface area (Å²) in [6, 6.07) is 0. The van der Waals surface area contributed by atoms with Crippen molar-refractivity contribution in [2.24, 2.45) is 0 Å². The van der Waals surface area contributed by atoms with E-state index < -0.39 is 5.60 Å². The van der Waals surface area contributed by atoms with Gasteiger partial charge in [-0.25, -0.2) is 0 Å². The molecule has 0 amide bonds. The number of alkyl halides is 2. The van der Waals surface area contributed by atoms with E-state index in [2.05, 4.69) is 31.9 Å². The summed E-state index contributed by atoms with van der Waals surface area (Å²) in [5, 5.41) is 10.9. The SMILES string of the molecule is OC1(C(Br)CBr)CCCCC1. The molecular weight excluding hydrogens is 272 g/mol. The smallest absolute Gasteiger partial charge is 0.0780 e. The van der Waals surface area contributed by atoms with Gasteiger partial charge in [0.15, 0.2) is 0 Å². The van der Waals surface area contributed by atoms with E-state index in [1.807, 2.05) is 0 Å². The highest BCUT2D eigenvalue weighted by Gasteiger charge is 2.35. The van der Waals surface area contributed by atoms with Crippen LogP contribution >= 0.6 is 31.9 Å². The monoisotopic (exact) mass is 284 g/mol. The van der Waals surface area contributed by atoms with Crippen molar-refractivity contribution < 1.29 is 5.11 Å². The topological polar surface area (TPSA) is 20.2 Å². The van der Waals surface area contributed by atoms with Crippen molar-refractivity contribution in [2.45, 2.75) is 42.5 Å². The predicted molar refractivity (Wildman–Crippen MR) is 54.5 cm³/mol. The van der Waals surface area contributed by atoms with Gasteiger partial charge >= 0.3 is 0 Å². The van der Waals surface area contributed by atoms with Crippen LogP contribution < -0.4 is 0 Å².